The highest BCUT2D eigenvalue weighted by molar-refractivity contribution is 5.60. The molecule has 1 N–H and O–H groups in total. The summed E-state index contributed by atoms with van der Waals surface area (Å²) in [6.07, 6.45) is 2.13. The van der Waals surface area contributed by atoms with Crippen LogP contribution in [0.15, 0.2) is 66.9 Å². The third kappa shape index (κ3) is 6.17. The molecule has 2 bridgehead atoms. The number of alkyl halides is 3. The third-order valence-electron chi connectivity index (χ3n) is 7.12. The molecule has 0 saturated carbocycles. The number of fused-ring (bicyclic) bond motifs is 2. The predicted molar refractivity (Wildman–Crippen MR) is 132 cm³/mol. The monoisotopic (exact) mass is 497 g/mol. The molecule has 2 aromatic carbocycles. The molecule has 0 unspecified atom stereocenters. The Morgan fingerprint density at radius 2 is 1.64 bits per heavy atom. The Labute approximate surface area is 209 Å². The lowest BCUT2D eigenvalue weighted by molar-refractivity contribution is -0.274. The molecule has 8 heteroatoms. The zero-order valence-electron chi connectivity index (χ0n) is 20.2. The maximum atomic E-state index is 12.3. The van der Waals surface area contributed by atoms with Gasteiger partial charge < -0.3 is 19.7 Å². The van der Waals surface area contributed by atoms with E-state index in [0.29, 0.717) is 37.0 Å². The summed E-state index contributed by atoms with van der Waals surface area (Å²) in [6.45, 7) is 1.35. The van der Waals surface area contributed by atoms with Crippen LogP contribution in [0, 0.1) is 0 Å². The Morgan fingerprint density at radius 3 is 2.31 bits per heavy atom. The molecule has 3 atom stereocenters. The molecule has 0 aliphatic carbocycles. The Morgan fingerprint density at radius 1 is 0.917 bits per heavy atom. The summed E-state index contributed by atoms with van der Waals surface area (Å²) in [6, 6.07) is 19.1. The van der Waals surface area contributed by atoms with Gasteiger partial charge in [-0.05, 0) is 86.3 Å². The van der Waals surface area contributed by atoms with Crippen molar-refractivity contribution in [1.82, 2.24) is 15.2 Å². The minimum Gasteiger partial charge on any atom is -0.490 e. The Kier molecular flexibility index (Phi) is 7.16. The Hall–Kier alpha value is -3.10. The van der Waals surface area contributed by atoms with Gasteiger partial charge in [0.05, 0.1) is 5.69 Å². The van der Waals surface area contributed by atoms with Crippen LogP contribution in [0.4, 0.5) is 13.2 Å². The fraction of sp³-hybridized carbons (Fsp3) is 0.393. The van der Waals surface area contributed by atoms with Gasteiger partial charge in [-0.25, -0.2) is 0 Å². The summed E-state index contributed by atoms with van der Waals surface area (Å²) in [5, 5.41) is 3.44. The van der Waals surface area contributed by atoms with E-state index in [0.717, 1.165) is 35.3 Å². The molecule has 5 nitrogen and oxygen atoms in total. The van der Waals surface area contributed by atoms with Crippen LogP contribution in [0.2, 0.25) is 0 Å². The number of nitrogens with one attached hydrogen (secondary N) is 1. The maximum absolute atomic E-state index is 12.3. The quantitative estimate of drug-likeness (QED) is 0.417. The molecule has 2 aliphatic rings. The maximum Gasteiger partial charge on any atom is 0.573 e. The van der Waals surface area contributed by atoms with Gasteiger partial charge >= 0.3 is 6.36 Å². The van der Waals surface area contributed by atoms with E-state index in [2.05, 4.69) is 39.1 Å². The lowest BCUT2D eigenvalue weighted by Gasteiger charge is -2.36. The van der Waals surface area contributed by atoms with Crippen molar-refractivity contribution < 1.29 is 22.6 Å². The van der Waals surface area contributed by atoms with Crippen LogP contribution >= 0.6 is 0 Å². The Bertz CT molecular complexity index is 1140. The van der Waals surface area contributed by atoms with Crippen molar-refractivity contribution in [3.8, 4) is 22.8 Å². The topological polar surface area (TPSA) is 46.6 Å². The van der Waals surface area contributed by atoms with Gasteiger partial charge in [0.2, 0.25) is 0 Å². The van der Waals surface area contributed by atoms with E-state index >= 15 is 0 Å². The molecule has 1 aromatic heterocycles. The van der Waals surface area contributed by atoms with Gasteiger partial charge in [0.15, 0.2) is 0 Å². The lowest BCUT2D eigenvalue weighted by Crippen LogP contribution is -2.43. The molecule has 2 fully saturated rings. The highest BCUT2D eigenvalue weighted by Crippen LogP contribution is 2.36. The van der Waals surface area contributed by atoms with E-state index in [4.69, 9.17) is 4.74 Å². The number of nitrogens with zero attached hydrogens (tertiary/aromatic N) is 2. The predicted octanol–water partition coefficient (Wildman–Crippen LogP) is 5.94. The normalized spacial score (nSPS) is 21.9. The van der Waals surface area contributed by atoms with Crippen LogP contribution in [0.1, 0.15) is 36.8 Å². The summed E-state index contributed by atoms with van der Waals surface area (Å²) in [5.41, 5.74) is 3.59. The van der Waals surface area contributed by atoms with E-state index in [1.807, 2.05) is 24.3 Å². The minimum atomic E-state index is -4.70. The fourth-order valence-corrected chi connectivity index (χ4v) is 5.26. The second kappa shape index (κ2) is 10.5. The van der Waals surface area contributed by atoms with Gasteiger partial charge in [-0.2, -0.15) is 0 Å². The van der Waals surface area contributed by atoms with Crippen LogP contribution in [-0.2, 0) is 13.1 Å². The number of pyridine rings is 1. The van der Waals surface area contributed by atoms with Crippen molar-refractivity contribution in [3.05, 3.63) is 78.0 Å². The number of hydrogen-bond acceptors (Lipinski definition) is 5. The van der Waals surface area contributed by atoms with Crippen LogP contribution in [0.3, 0.4) is 0 Å². The molecule has 3 heterocycles. The van der Waals surface area contributed by atoms with Gasteiger partial charge in [-0.1, -0.05) is 18.2 Å². The van der Waals surface area contributed by atoms with Gasteiger partial charge in [0, 0.05) is 36.9 Å². The molecular formula is C28H30F3N3O2. The van der Waals surface area contributed by atoms with E-state index in [1.165, 1.54) is 25.0 Å². The average Bonchev–Trinajstić information content (AvgIpc) is 3.05. The first-order chi connectivity index (χ1) is 17.3. The first kappa shape index (κ1) is 24.6. The first-order valence-electron chi connectivity index (χ1n) is 12.3. The number of aromatic nitrogens is 1. The lowest BCUT2D eigenvalue weighted by atomic mass is 10.0. The number of rotatable bonds is 8. The fourth-order valence-electron chi connectivity index (χ4n) is 5.26. The summed E-state index contributed by atoms with van der Waals surface area (Å²) in [7, 11) is 2.24. The number of halogens is 3. The van der Waals surface area contributed by atoms with Crippen LogP contribution < -0.4 is 14.8 Å². The minimum absolute atomic E-state index is 0.250. The molecule has 5 rings (SSSR count). The van der Waals surface area contributed by atoms with Crippen molar-refractivity contribution in [2.75, 3.05) is 7.05 Å². The molecule has 190 valence electrons. The molecule has 2 aliphatic heterocycles. The van der Waals surface area contributed by atoms with Crippen molar-refractivity contribution in [3.63, 3.8) is 0 Å². The highest BCUT2D eigenvalue weighted by Gasteiger charge is 2.39. The number of ether oxygens (including phenoxy) is 2. The average molecular weight is 498 g/mol. The van der Waals surface area contributed by atoms with Crippen molar-refractivity contribution in [2.24, 2.45) is 0 Å². The smallest absolute Gasteiger partial charge is 0.490 e. The van der Waals surface area contributed by atoms with Crippen molar-refractivity contribution in [2.45, 2.75) is 63.3 Å². The number of piperidine rings is 1. The van der Waals surface area contributed by atoms with E-state index in [-0.39, 0.29) is 5.75 Å². The van der Waals surface area contributed by atoms with Crippen LogP contribution in [-0.4, -0.2) is 41.5 Å². The zero-order chi connectivity index (χ0) is 25.1. The molecule has 0 radical (unpaired) electrons. The van der Waals surface area contributed by atoms with Gasteiger partial charge in [-0.3, -0.25) is 4.98 Å². The molecule has 0 amide bonds. The van der Waals surface area contributed by atoms with E-state index in [9.17, 15) is 13.2 Å². The van der Waals surface area contributed by atoms with Gasteiger partial charge in [0.1, 0.15) is 17.6 Å². The molecule has 2 saturated heterocycles. The molecular weight excluding hydrogens is 467 g/mol. The van der Waals surface area contributed by atoms with Crippen molar-refractivity contribution >= 4 is 0 Å². The highest BCUT2D eigenvalue weighted by atomic mass is 19.4. The molecule has 3 aromatic rings. The van der Waals surface area contributed by atoms with E-state index in [1.54, 1.807) is 18.3 Å². The van der Waals surface area contributed by atoms with E-state index < -0.39 is 6.36 Å². The summed E-state index contributed by atoms with van der Waals surface area (Å²) < 4.78 is 47.2. The second-order valence-electron chi connectivity index (χ2n) is 9.64. The van der Waals surface area contributed by atoms with Crippen molar-refractivity contribution in [1.29, 1.82) is 0 Å². The standard InChI is InChI=1S/C28H30F3N3O2/c1-34-22-8-9-23(34)15-26(14-22)35-25-4-2-3-19(13-25)16-32-17-20-5-12-27(33-18-20)21-6-10-24(11-7-21)36-28(29,30)31/h2-7,10-13,18,22-23,26,32H,8-9,14-17H2,1H3/t22-,23+,26-. The number of hydrogen-bond donors (Lipinski definition) is 1. The SMILES string of the molecule is CN1[C@@H]2CC[C@H]1C[C@H](Oc1cccc(CNCc3ccc(-c4ccc(OC(F)(F)F)cc4)nc3)c1)C2. The molecule has 0 spiro atoms. The van der Waals surface area contributed by atoms with Crippen LogP contribution in [0.5, 0.6) is 11.5 Å². The number of benzene rings is 2. The first-order valence-corrected chi connectivity index (χ1v) is 12.3. The summed E-state index contributed by atoms with van der Waals surface area (Å²) in [4.78, 5) is 6.97. The van der Waals surface area contributed by atoms with Crippen LogP contribution in [0.25, 0.3) is 11.3 Å². The largest absolute Gasteiger partial charge is 0.573 e. The van der Waals surface area contributed by atoms with Gasteiger partial charge in [-0.15, -0.1) is 13.2 Å². The third-order valence-corrected chi connectivity index (χ3v) is 7.12. The second-order valence-corrected chi connectivity index (χ2v) is 9.64. The Balaban J connectivity index is 1.11. The zero-order valence-corrected chi connectivity index (χ0v) is 20.2. The summed E-state index contributed by atoms with van der Waals surface area (Å²) >= 11 is 0. The van der Waals surface area contributed by atoms with Gasteiger partial charge in [0.25, 0.3) is 0 Å². The summed E-state index contributed by atoms with van der Waals surface area (Å²) in [5.74, 6) is 0.681. The molecule has 36 heavy (non-hydrogen) atoms.